The molecular formula is C34H25ClN2O4. The van der Waals surface area contributed by atoms with Gasteiger partial charge in [-0.1, -0.05) is 84.4 Å². The van der Waals surface area contributed by atoms with Crippen molar-refractivity contribution in [3.63, 3.8) is 0 Å². The standard InChI is InChI=1S/C34H25ClN2O4/c1-20-11-13-22-7-4-6-10-26(22)29(20)19-41-31-16-14-23-8-3-5-9-25(23)27(31)18-28-32(38)36-34(40)37(33(28)39)30-17-24(35)15-12-21(30)2/h3-18H,19H2,1-2H3,(H,36,38,40)/b28-18+. The molecular weight excluding hydrogens is 536 g/mol. The zero-order valence-corrected chi connectivity index (χ0v) is 23.2. The van der Waals surface area contributed by atoms with Crippen LogP contribution < -0.4 is 15.0 Å². The van der Waals surface area contributed by atoms with Gasteiger partial charge in [-0.15, -0.1) is 0 Å². The van der Waals surface area contributed by atoms with Crippen LogP contribution in [0.1, 0.15) is 22.3 Å². The number of aryl methyl sites for hydroxylation is 2. The second-order valence-corrected chi connectivity index (χ2v) is 10.4. The molecule has 0 bridgehead atoms. The quantitative estimate of drug-likeness (QED) is 0.178. The third-order valence-corrected chi connectivity index (χ3v) is 7.62. The summed E-state index contributed by atoms with van der Waals surface area (Å²) in [6.07, 6.45) is 1.50. The van der Waals surface area contributed by atoms with Gasteiger partial charge in [0, 0.05) is 16.1 Å². The van der Waals surface area contributed by atoms with E-state index in [4.69, 9.17) is 16.3 Å². The molecule has 1 heterocycles. The number of carbonyl (C=O) groups excluding carboxylic acids is 3. The van der Waals surface area contributed by atoms with Crippen molar-refractivity contribution in [2.45, 2.75) is 20.5 Å². The van der Waals surface area contributed by atoms with E-state index in [0.29, 0.717) is 27.6 Å². The minimum Gasteiger partial charge on any atom is -0.488 e. The van der Waals surface area contributed by atoms with Gasteiger partial charge in [0.05, 0.1) is 5.69 Å². The lowest BCUT2D eigenvalue weighted by Gasteiger charge is -2.28. The van der Waals surface area contributed by atoms with E-state index in [9.17, 15) is 14.4 Å². The lowest BCUT2D eigenvalue weighted by Crippen LogP contribution is -2.54. The van der Waals surface area contributed by atoms with Crippen molar-refractivity contribution in [1.82, 2.24) is 5.32 Å². The number of fused-ring (bicyclic) bond motifs is 2. The van der Waals surface area contributed by atoms with E-state index in [2.05, 4.69) is 29.6 Å². The van der Waals surface area contributed by atoms with Gasteiger partial charge in [-0.05, 0) is 70.8 Å². The number of hydrogen-bond acceptors (Lipinski definition) is 4. The molecule has 5 aromatic rings. The first-order valence-corrected chi connectivity index (χ1v) is 13.5. The maximum absolute atomic E-state index is 13.7. The topological polar surface area (TPSA) is 75.7 Å². The molecule has 4 amide bonds. The second-order valence-electron chi connectivity index (χ2n) is 9.96. The molecule has 41 heavy (non-hydrogen) atoms. The largest absolute Gasteiger partial charge is 0.488 e. The SMILES string of the molecule is Cc1ccc(Cl)cc1N1C(=O)NC(=O)/C(=C\c2c(OCc3c(C)ccc4ccccc34)ccc3ccccc23)C1=O. The van der Waals surface area contributed by atoms with Crippen molar-refractivity contribution in [3.05, 3.63) is 124 Å². The maximum Gasteiger partial charge on any atom is 0.335 e. The normalized spacial score (nSPS) is 14.7. The first-order valence-electron chi connectivity index (χ1n) is 13.1. The van der Waals surface area contributed by atoms with Gasteiger partial charge >= 0.3 is 6.03 Å². The van der Waals surface area contributed by atoms with Crippen molar-refractivity contribution in [3.8, 4) is 5.75 Å². The number of anilines is 1. The molecule has 0 unspecified atom stereocenters. The molecule has 0 aliphatic carbocycles. The summed E-state index contributed by atoms with van der Waals surface area (Å²) >= 11 is 6.18. The van der Waals surface area contributed by atoms with Gasteiger partial charge in [0.2, 0.25) is 0 Å². The van der Waals surface area contributed by atoms with Crippen molar-refractivity contribution in [1.29, 1.82) is 0 Å². The molecule has 7 heteroatoms. The van der Waals surface area contributed by atoms with Gasteiger partial charge < -0.3 is 4.74 Å². The zero-order chi connectivity index (χ0) is 28.7. The van der Waals surface area contributed by atoms with Crippen LogP contribution in [-0.4, -0.2) is 17.8 Å². The van der Waals surface area contributed by atoms with E-state index in [1.54, 1.807) is 19.1 Å². The zero-order valence-electron chi connectivity index (χ0n) is 22.4. The summed E-state index contributed by atoms with van der Waals surface area (Å²) in [5.74, 6) is -1.01. The molecule has 0 saturated carbocycles. The molecule has 5 aromatic carbocycles. The highest BCUT2D eigenvalue weighted by atomic mass is 35.5. The maximum atomic E-state index is 13.7. The summed E-state index contributed by atoms with van der Waals surface area (Å²) in [7, 11) is 0. The van der Waals surface area contributed by atoms with Crippen LogP contribution in [0.3, 0.4) is 0 Å². The number of nitrogens with one attached hydrogen (secondary N) is 1. The average Bonchev–Trinajstić information content (AvgIpc) is 2.96. The Morgan fingerprint density at radius 2 is 1.46 bits per heavy atom. The summed E-state index contributed by atoms with van der Waals surface area (Å²) in [6.45, 7) is 4.09. The summed E-state index contributed by atoms with van der Waals surface area (Å²) in [5.41, 5.74) is 3.49. The fraction of sp³-hybridized carbons (Fsp3) is 0.0882. The monoisotopic (exact) mass is 560 g/mol. The van der Waals surface area contributed by atoms with Crippen LogP contribution in [-0.2, 0) is 16.2 Å². The number of nitrogens with zero attached hydrogens (tertiary/aromatic N) is 1. The van der Waals surface area contributed by atoms with Crippen LogP contribution in [0.2, 0.25) is 5.02 Å². The highest BCUT2D eigenvalue weighted by Gasteiger charge is 2.38. The van der Waals surface area contributed by atoms with Gasteiger partial charge in [0.1, 0.15) is 17.9 Å². The summed E-state index contributed by atoms with van der Waals surface area (Å²) < 4.78 is 6.41. The Bertz CT molecular complexity index is 1930. The summed E-state index contributed by atoms with van der Waals surface area (Å²) in [5, 5.41) is 6.59. The van der Waals surface area contributed by atoms with Gasteiger partial charge in [-0.25, -0.2) is 9.69 Å². The minimum absolute atomic E-state index is 0.188. The lowest BCUT2D eigenvalue weighted by molar-refractivity contribution is -0.122. The predicted octanol–water partition coefficient (Wildman–Crippen LogP) is 7.51. The molecule has 0 radical (unpaired) electrons. The Morgan fingerprint density at radius 1 is 0.805 bits per heavy atom. The van der Waals surface area contributed by atoms with E-state index in [-0.39, 0.29) is 12.2 Å². The predicted molar refractivity (Wildman–Crippen MR) is 162 cm³/mol. The van der Waals surface area contributed by atoms with Gasteiger partial charge in [-0.3, -0.25) is 14.9 Å². The van der Waals surface area contributed by atoms with Crippen molar-refractivity contribution in [2.75, 3.05) is 4.90 Å². The molecule has 1 N–H and O–H groups in total. The smallest absolute Gasteiger partial charge is 0.335 e. The van der Waals surface area contributed by atoms with Crippen LogP contribution in [0.25, 0.3) is 27.6 Å². The van der Waals surface area contributed by atoms with Crippen molar-refractivity contribution < 1.29 is 19.1 Å². The number of urea groups is 1. The van der Waals surface area contributed by atoms with Crippen LogP contribution in [0.15, 0.2) is 96.6 Å². The van der Waals surface area contributed by atoms with Crippen molar-refractivity contribution in [2.24, 2.45) is 0 Å². The average molecular weight is 561 g/mol. The van der Waals surface area contributed by atoms with E-state index in [1.807, 2.05) is 55.5 Å². The lowest BCUT2D eigenvalue weighted by atomic mass is 9.99. The van der Waals surface area contributed by atoms with Gasteiger partial charge in [0.15, 0.2) is 0 Å². The number of rotatable bonds is 5. The van der Waals surface area contributed by atoms with E-state index in [1.165, 1.54) is 12.1 Å². The first kappa shape index (κ1) is 26.3. The number of barbiturate groups is 1. The Balaban J connectivity index is 1.45. The Kier molecular flexibility index (Phi) is 6.77. The number of benzene rings is 5. The molecule has 1 aliphatic rings. The molecule has 0 aromatic heterocycles. The third kappa shape index (κ3) is 4.83. The van der Waals surface area contributed by atoms with Crippen LogP contribution in [0.4, 0.5) is 10.5 Å². The van der Waals surface area contributed by atoms with Gasteiger partial charge in [-0.2, -0.15) is 0 Å². The van der Waals surface area contributed by atoms with Gasteiger partial charge in [0.25, 0.3) is 11.8 Å². The highest BCUT2D eigenvalue weighted by molar-refractivity contribution is 6.40. The van der Waals surface area contributed by atoms with Crippen LogP contribution >= 0.6 is 11.6 Å². The Labute approximate surface area is 241 Å². The summed E-state index contributed by atoms with van der Waals surface area (Å²) in [4.78, 5) is 40.6. The number of imide groups is 2. The number of ether oxygens (including phenoxy) is 1. The molecule has 1 aliphatic heterocycles. The van der Waals surface area contributed by atoms with E-state index < -0.39 is 17.8 Å². The molecule has 0 atom stereocenters. The number of halogens is 1. The second kappa shape index (κ2) is 10.6. The highest BCUT2D eigenvalue weighted by Crippen LogP contribution is 2.34. The molecule has 6 rings (SSSR count). The number of hydrogen-bond donors (Lipinski definition) is 1. The fourth-order valence-corrected chi connectivity index (χ4v) is 5.35. The van der Waals surface area contributed by atoms with E-state index in [0.717, 1.165) is 37.6 Å². The number of amides is 4. The van der Waals surface area contributed by atoms with E-state index >= 15 is 0 Å². The molecule has 1 fully saturated rings. The van der Waals surface area contributed by atoms with Crippen LogP contribution in [0, 0.1) is 13.8 Å². The molecule has 6 nitrogen and oxygen atoms in total. The molecule has 202 valence electrons. The minimum atomic E-state index is -0.830. The Morgan fingerprint density at radius 3 is 2.24 bits per heavy atom. The fourth-order valence-electron chi connectivity index (χ4n) is 5.18. The summed E-state index contributed by atoms with van der Waals surface area (Å²) in [6, 6.07) is 27.8. The van der Waals surface area contributed by atoms with Crippen LogP contribution in [0.5, 0.6) is 5.75 Å². The Hall–Kier alpha value is -4.94. The molecule has 1 saturated heterocycles. The first-order chi connectivity index (χ1) is 19.8. The number of carbonyl (C=O) groups is 3. The third-order valence-electron chi connectivity index (χ3n) is 7.38. The van der Waals surface area contributed by atoms with Crippen molar-refractivity contribution >= 4 is 62.8 Å². The molecule has 0 spiro atoms.